The third-order valence-corrected chi connectivity index (χ3v) is 4.72. The molecule has 2 rings (SSSR count). The summed E-state index contributed by atoms with van der Waals surface area (Å²) in [6, 6.07) is 12.7. The van der Waals surface area contributed by atoms with Crippen molar-refractivity contribution >= 4 is 27.8 Å². The SMILES string of the molecule is C=C(CC)c1ccc(CN(c2cccc(C)c2)S(=C)C)nc1. The van der Waals surface area contributed by atoms with E-state index in [1.807, 2.05) is 6.20 Å². The van der Waals surface area contributed by atoms with E-state index < -0.39 is 0 Å². The van der Waals surface area contributed by atoms with Crippen LogP contribution in [0.4, 0.5) is 5.69 Å². The van der Waals surface area contributed by atoms with Crippen LogP contribution in [0.5, 0.6) is 0 Å². The van der Waals surface area contributed by atoms with Crippen molar-refractivity contribution in [2.45, 2.75) is 26.8 Å². The topological polar surface area (TPSA) is 16.1 Å². The Bertz CT molecular complexity index is 674. The Balaban J connectivity index is 2.22. The maximum absolute atomic E-state index is 4.59. The zero-order valence-electron chi connectivity index (χ0n) is 13.7. The Morgan fingerprint density at radius 3 is 2.59 bits per heavy atom. The van der Waals surface area contributed by atoms with Crippen LogP contribution in [0.3, 0.4) is 0 Å². The van der Waals surface area contributed by atoms with E-state index in [0.717, 1.165) is 29.8 Å². The first kappa shape index (κ1) is 16.5. The summed E-state index contributed by atoms with van der Waals surface area (Å²) in [4.78, 5) is 4.59. The molecule has 0 radical (unpaired) electrons. The zero-order valence-corrected chi connectivity index (χ0v) is 14.5. The number of aromatic nitrogens is 1. The van der Waals surface area contributed by atoms with Gasteiger partial charge in [-0.15, -0.1) is 10.7 Å². The van der Waals surface area contributed by atoms with Crippen LogP contribution in [-0.4, -0.2) is 17.1 Å². The lowest BCUT2D eigenvalue weighted by Crippen LogP contribution is -2.16. The molecule has 1 heterocycles. The van der Waals surface area contributed by atoms with Gasteiger partial charge in [-0.05, 0) is 54.5 Å². The van der Waals surface area contributed by atoms with Gasteiger partial charge in [0.25, 0.3) is 0 Å². The molecule has 0 saturated carbocycles. The largest absolute Gasteiger partial charge is 0.317 e. The van der Waals surface area contributed by atoms with Crippen LogP contribution in [0, 0.1) is 6.92 Å². The number of rotatable bonds is 6. The molecular weight excluding hydrogens is 288 g/mol. The summed E-state index contributed by atoms with van der Waals surface area (Å²) in [5, 5.41) is 0. The van der Waals surface area contributed by atoms with Gasteiger partial charge in [-0.25, -0.2) is 0 Å². The smallest absolute Gasteiger partial charge is 0.0713 e. The van der Waals surface area contributed by atoms with Gasteiger partial charge in [-0.1, -0.05) is 37.6 Å². The molecular formula is C19H24N2S. The highest BCUT2D eigenvalue weighted by Gasteiger charge is 2.09. The summed E-state index contributed by atoms with van der Waals surface area (Å²) in [6.07, 6.45) is 5.01. The first-order valence-electron chi connectivity index (χ1n) is 7.44. The van der Waals surface area contributed by atoms with E-state index in [2.05, 4.69) is 78.2 Å². The van der Waals surface area contributed by atoms with Crippen LogP contribution in [0.2, 0.25) is 0 Å². The number of allylic oxidation sites excluding steroid dienone is 1. The summed E-state index contributed by atoms with van der Waals surface area (Å²) in [6.45, 7) is 9.06. The van der Waals surface area contributed by atoms with Gasteiger partial charge in [0.05, 0.1) is 12.2 Å². The molecule has 0 spiro atoms. The van der Waals surface area contributed by atoms with Crippen molar-refractivity contribution in [1.82, 2.24) is 4.98 Å². The fourth-order valence-electron chi connectivity index (χ4n) is 2.24. The maximum atomic E-state index is 4.59. The average molecular weight is 312 g/mol. The molecule has 22 heavy (non-hydrogen) atoms. The summed E-state index contributed by atoms with van der Waals surface area (Å²) >= 11 is 0. The average Bonchev–Trinajstić information content (AvgIpc) is 2.52. The minimum Gasteiger partial charge on any atom is -0.317 e. The quantitative estimate of drug-likeness (QED) is 0.693. The fourth-order valence-corrected chi connectivity index (χ4v) is 3.07. The Morgan fingerprint density at radius 1 is 1.27 bits per heavy atom. The third-order valence-electron chi connectivity index (χ3n) is 3.63. The van der Waals surface area contributed by atoms with Gasteiger partial charge in [0.1, 0.15) is 0 Å². The maximum Gasteiger partial charge on any atom is 0.0713 e. The highest BCUT2D eigenvalue weighted by molar-refractivity contribution is 8.14. The number of anilines is 1. The van der Waals surface area contributed by atoms with Crippen LogP contribution in [0.25, 0.3) is 5.57 Å². The van der Waals surface area contributed by atoms with E-state index in [-0.39, 0.29) is 10.7 Å². The van der Waals surface area contributed by atoms with Crippen molar-refractivity contribution in [3.05, 3.63) is 66.0 Å². The molecule has 0 amide bonds. The second-order valence-corrected chi connectivity index (χ2v) is 7.11. The summed E-state index contributed by atoms with van der Waals surface area (Å²) in [7, 11) is -0.103. The van der Waals surface area contributed by atoms with Crippen LogP contribution in [0.15, 0.2) is 49.2 Å². The van der Waals surface area contributed by atoms with E-state index in [1.165, 1.54) is 11.3 Å². The Morgan fingerprint density at radius 2 is 2.05 bits per heavy atom. The lowest BCUT2D eigenvalue weighted by atomic mass is 10.1. The normalized spacial score (nSPS) is 12.0. The van der Waals surface area contributed by atoms with E-state index in [0.29, 0.717) is 0 Å². The van der Waals surface area contributed by atoms with Crippen LogP contribution >= 0.6 is 10.7 Å². The van der Waals surface area contributed by atoms with Gasteiger partial charge < -0.3 is 4.31 Å². The fraction of sp³-hybridized carbons (Fsp3) is 0.263. The van der Waals surface area contributed by atoms with Crippen molar-refractivity contribution < 1.29 is 0 Å². The van der Waals surface area contributed by atoms with E-state index in [1.54, 1.807) is 0 Å². The number of benzene rings is 1. The Kier molecular flexibility index (Phi) is 5.56. The molecule has 0 saturated heterocycles. The molecule has 116 valence electrons. The lowest BCUT2D eigenvalue weighted by molar-refractivity contribution is 0.981. The summed E-state index contributed by atoms with van der Waals surface area (Å²) in [5.74, 6) is 4.21. The Labute approximate surface area is 136 Å². The van der Waals surface area contributed by atoms with Gasteiger partial charge in [0.15, 0.2) is 0 Å². The van der Waals surface area contributed by atoms with Gasteiger partial charge in [-0.2, -0.15) is 0 Å². The number of nitrogens with zero attached hydrogens (tertiary/aromatic N) is 2. The van der Waals surface area contributed by atoms with Crippen molar-refractivity contribution in [1.29, 1.82) is 0 Å². The van der Waals surface area contributed by atoms with Gasteiger partial charge in [0, 0.05) is 11.9 Å². The number of pyridine rings is 1. The van der Waals surface area contributed by atoms with E-state index in [9.17, 15) is 0 Å². The monoisotopic (exact) mass is 312 g/mol. The second kappa shape index (κ2) is 7.41. The molecule has 1 atom stereocenters. The first-order valence-corrected chi connectivity index (χ1v) is 9.20. The molecule has 2 aromatic rings. The minimum absolute atomic E-state index is 0.103. The summed E-state index contributed by atoms with van der Waals surface area (Å²) < 4.78 is 2.30. The van der Waals surface area contributed by atoms with Crippen molar-refractivity contribution in [2.75, 3.05) is 10.6 Å². The molecule has 0 aliphatic heterocycles. The second-order valence-electron chi connectivity index (χ2n) is 5.47. The zero-order chi connectivity index (χ0) is 16.1. The minimum atomic E-state index is -0.103. The molecule has 0 bridgehead atoms. The molecule has 0 aliphatic rings. The number of hydrogen-bond acceptors (Lipinski definition) is 2. The summed E-state index contributed by atoms with van der Waals surface area (Å²) in [5.41, 5.74) is 5.76. The molecule has 0 aliphatic carbocycles. The van der Waals surface area contributed by atoms with Gasteiger partial charge >= 0.3 is 0 Å². The van der Waals surface area contributed by atoms with Gasteiger partial charge in [0.2, 0.25) is 0 Å². The molecule has 0 fully saturated rings. The highest BCUT2D eigenvalue weighted by Crippen LogP contribution is 2.27. The lowest BCUT2D eigenvalue weighted by Gasteiger charge is -2.25. The number of aryl methyl sites for hydroxylation is 1. The van der Waals surface area contributed by atoms with Crippen molar-refractivity contribution in [3.8, 4) is 0 Å². The number of hydrogen-bond donors (Lipinski definition) is 0. The van der Waals surface area contributed by atoms with E-state index >= 15 is 0 Å². The van der Waals surface area contributed by atoms with E-state index in [4.69, 9.17) is 0 Å². The third kappa shape index (κ3) is 4.08. The first-order chi connectivity index (χ1) is 10.5. The molecule has 0 N–H and O–H groups in total. The molecule has 3 heteroatoms. The standard InChI is InChI=1S/C19H24N2S/c1-6-16(3)17-10-11-18(20-13-17)14-21(22(4)5)19-9-7-8-15(2)12-19/h7-13H,3-4,6,14H2,1-2,5H3. The van der Waals surface area contributed by atoms with Crippen LogP contribution in [-0.2, 0) is 6.54 Å². The Hall–Kier alpha value is -1.87. The van der Waals surface area contributed by atoms with Crippen molar-refractivity contribution in [2.24, 2.45) is 0 Å². The van der Waals surface area contributed by atoms with Gasteiger partial charge in [-0.3, -0.25) is 4.98 Å². The van der Waals surface area contributed by atoms with Crippen LogP contribution < -0.4 is 4.31 Å². The highest BCUT2D eigenvalue weighted by atomic mass is 32.2. The molecule has 1 aromatic heterocycles. The molecule has 1 unspecified atom stereocenters. The predicted molar refractivity (Wildman–Crippen MR) is 102 cm³/mol. The van der Waals surface area contributed by atoms with Crippen LogP contribution in [0.1, 0.15) is 30.2 Å². The molecule has 2 nitrogen and oxygen atoms in total. The van der Waals surface area contributed by atoms with Crippen molar-refractivity contribution in [3.63, 3.8) is 0 Å². The molecule has 1 aromatic carbocycles. The predicted octanol–water partition coefficient (Wildman–Crippen LogP) is 5.07.